The van der Waals surface area contributed by atoms with Crippen molar-refractivity contribution in [1.29, 1.82) is 0 Å². The number of ketones is 1. The molecule has 0 radical (unpaired) electrons. The third kappa shape index (κ3) is 2.27. The van der Waals surface area contributed by atoms with Crippen molar-refractivity contribution in [2.24, 2.45) is 0 Å². The summed E-state index contributed by atoms with van der Waals surface area (Å²) >= 11 is 0. The van der Waals surface area contributed by atoms with E-state index < -0.39 is 18.0 Å². The SMILES string of the molecule is O=C1c2ccc(O)cc2OC(c2ccc3c(c2)OCCO3)C1O. The van der Waals surface area contributed by atoms with Crippen LogP contribution in [-0.2, 0) is 0 Å². The van der Waals surface area contributed by atoms with Crippen LogP contribution >= 0.6 is 0 Å². The Hall–Kier alpha value is -2.73. The minimum atomic E-state index is -1.32. The topological polar surface area (TPSA) is 85.2 Å². The standard InChI is InChI=1S/C17H14O6/c18-10-2-3-11-13(8-10)23-17(16(20)15(11)19)9-1-4-12-14(7-9)22-6-5-21-12/h1-4,7-8,16-18,20H,5-6H2. The second-order valence-electron chi connectivity index (χ2n) is 5.43. The molecule has 2 aromatic carbocycles. The van der Waals surface area contributed by atoms with Crippen molar-refractivity contribution in [2.45, 2.75) is 12.2 Å². The summed E-state index contributed by atoms with van der Waals surface area (Å²) in [6.45, 7) is 0.931. The van der Waals surface area contributed by atoms with Gasteiger partial charge >= 0.3 is 0 Å². The lowest BCUT2D eigenvalue weighted by molar-refractivity contribution is 0.0214. The highest BCUT2D eigenvalue weighted by atomic mass is 16.6. The van der Waals surface area contributed by atoms with E-state index in [9.17, 15) is 15.0 Å². The third-order valence-electron chi connectivity index (χ3n) is 3.93. The lowest BCUT2D eigenvalue weighted by Gasteiger charge is -2.30. The smallest absolute Gasteiger partial charge is 0.199 e. The summed E-state index contributed by atoms with van der Waals surface area (Å²) in [7, 11) is 0. The monoisotopic (exact) mass is 314 g/mol. The van der Waals surface area contributed by atoms with Crippen molar-refractivity contribution in [3.05, 3.63) is 47.5 Å². The molecule has 23 heavy (non-hydrogen) atoms. The van der Waals surface area contributed by atoms with Crippen LogP contribution in [0.25, 0.3) is 0 Å². The zero-order chi connectivity index (χ0) is 16.0. The number of Topliss-reactive ketones (excluding diaryl/α,β-unsaturated/α-hetero) is 1. The zero-order valence-electron chi connectivity index (χ0n) is 12.1. The first-order valence-electron chi connectivity index (χ1n) is 7.25. The van der Waals surface area contributed by atoms with Gasteiger partial charge in [0.25, 0.3) is 0 Å². The molecule has 2 heterocycles. The van der Waals surface area contributed by atoms with Crippen molar-refractivity contribution in [2.75, 3.05) is 13.2 Å². The van der Waals surface area contributed by atoms with Crippen molar-refractivity contribution >= 4 is 5.78 Å². The summed E-state index contributed by atoms with van der Waals surface area (Å²) in [6.07, 6.45) is -2.19. The van der Waals surface area contributed by atoms with Gasteiger partial charge in [0, 0.05) is 6.07 Å². The van der Waals surface area contributed by atoms with Gasteiger partial charge in [-0.15, -0.1) is 0 Å². The number of aromatic hydroxyl groups is 1. The summed E-state index contributed by atoms with van der Waals surface area (Å²) in [4.78, 5) is 12.3. The van der Waals surface area contributed by atoms with E-state index in [-0.39, 0.29) is 17.1 Å². The number of carbonyl (C=O) groups is 1. The second-order valence-corrected chi connectivity index (χ2v) is 5.43. The molecule has 6 nitrogen and oxygen atoms in total. The first-order chi connectivity index (χ1) is 11.1. The fourth-order valence-corrected chi connectivity index (χ4v) is 2.80. The van der Waals surface area contributed by atoms with Crippen LogP contribution in [0.3, 0.4) is 0 Å². The van der Waals surface area contributed by atoms with E-state index in [1.165, 1.54) is 18.2 Å². The molecule has 0 spiro atoms. The van der Waals surface area contributed by atoms with Crippen LogP contribution in [0.15, 0.2) is 36.4 Å². The number of aliphatic hydroxyl groups excluding tert-OH is 1. The number of hydrogen-bond donors (Lipinski definition) is 2. The van der Waals surface area contributed by atoms with Gasteiger partial charge in [0.15, 0.2) is 29.5 Å². The maximum atomic E-state index is 12.3. The molecule has 0 aromatic heterocycles. The Morgan fingerprint density at radius 3 is 2.57 bits per heavy atom. The largest absolute Gasteiger partial charge is 0.508 e. The minimum absolute atomic E-state index is 0.00568. The first kappa shape index (κ1) is 13.9. The molecule has 0 fully saturated rings. The number of carbonyl (C=O) groups excluding carboxylic acids is 1. The summed E-state index contributed by atoms with van der Waals surface area (Å²) in [5.41, 5.74) is 0.855. The Balaban J connectivity index is 1.73. The zero-order valence-corrected chi connectivity index (χ0v) is 12.1. The molecule has 2 N–H and O–H groups in total. The van der Waals surface area contributed by atoms with Gasteiger partial charge in [-0.25, -0.2) is 0 Å². The minimum Gasteiger partial charge on any atom is -0.508 e. The molecule has 6 heteroatoms. The lowest BCUT2D eigenvalue weighted by atomic mass is 9.93. The maximum absolute atomic E-state index is 12.3. The van der Waals surface area contributed by atoms with Crippen molar-refractivity contribution < 1.29 is 29.2 Å². The second kappa shape index (κ2) is 5.17. The van der Waals surface area contributed by atoms with Gasteiger partial charge in [-0.1, -0.05) is 6.07 Å². The molecule has 0 bridgehead atoms. The van der Waals surface area contributed by atoms with Crippen LogP contribution < -0.4 is 14.2 Å². The molecule has 2 aliphatic rings. The molecule has 2 aromatic rings. The van der Waals surface area contributed by atoms with E-state index in [0.717, 1.165) is 0 Å². The van der Waals surface area contributed by atoms with Gasteiger partial charge in [-0.2, -0.15) is 0 Å². The molecule has 118 valence electrons. The van der Waals surface area contributed by atoms with Crippen molar-refractivity contribution in [1.82, 2.24) is 0 Å². The number of rotatable bonds is 1. The van der Waals surface area contributed by atoms with Crippen molar-refractivity contribution in [3.8, 4) is 23.0 Å². The van der Waals surface area contributed by atoms with Crippen LogP contribution in [0.1, 0.15) is 22.0 Å². The van der Waals surface area contributed by atoms with Gasteiger partial charge in [-0.05, 0) is 29.8 Å². The quantitative estimate of drug-likeness (QED) is 0.835. The summed E-state index contributed by atoms with van der Waals surface area (Å²) in [5, 5.41) is 19.9. The molecular formula is C17H14O6. The summed E-state index contributed by atoms with van der Waals surface area (Å²) in [6, 6.07) is 9.34. The van der Waals surface area contributed by atoms with Crippen LogP contribution in [0.4, 0.5) is 0 Å². The highest BCUT2D eigenvalue weighted by Gasteiger charge is 2.37. The highest BCUT2D eigenvalue weighted by molar-refractivity contribution is 6.03. The van der Waals surface area contributed by atoms with E-state index in [0.29, 0.717) is 30.3 Å². The Morgan fingerprint density at radius 2 is 1.74 bits per heavy atom. The lowest BCUT2D eigenvalue weighted by Crippen LogP contribution is -2.36. The predicted octanol–water partition coefficient (Wildman–Crippen LogP) is 1.84. The van der Waals surface area contributed by atoms with E-state index in [4.69, 9.17) is 14.2 Å². The van der Waals surface area contributed by atoms with E-state index in [1.54, 1.807) is 18.2 Å². The summed E-state index contributed by atoms with van der Waals surface area (Å²) in [5.74, 6) is 0.980. The Kier molecular flexibility index (Phi) is 3.12. The van der Waals surface area contributed by atoms with E-state index in [1.807, 2.05) is 0 Å². The average molecular weight is 314 g/mol. The number of phenolic OH excluding ortho intramolecular Hbond substituents is 1. The molecule has 0 amide bonds. The number of aliphatic hydroxyl groups is 1. The normalized spacial score (nSPS) is 22.2. The molecule has 4 rings (SSSR count). The van der Waals surface area contributed by atoms with Crippen LogP contribution in [0.5, 0.6) is 23.0 Å². The van der Waals surface area contributed by atoms with E-state index in [2.05, 4.69) is 0 Å². The van der Waals surface area contributed by atoms with E-state index >= 15 is 0 Å². The number of ether oxygens (including phenoxy) is 3. The predicted molar refractivity (Wildman–Crippen MR) is 79.2 cm³/mol. The maximum Gasteiger partial charge on any atom is 0.199 e. The van der Waals surface area contributed by atoms with Crippen LogP contribution in [0, 0.1) is 0 Å². The highest BCUT2D eigenvalue weighted by Crippen LogP contribution is 2.40. The van der Waals surface area contributed by atoms with Crippen LogP contribution in [0.2, 0.25) is 0 Å². The number of phenols is 1. The first-order valence-corrected chi connectivity index (χ1v) is 7.25. The molecular weight excluding hydrogens is 300 g/mol. The Bertz CT molecular complexity index is 785. The molecule has 2 unspecified atom stereocenters. The molecule has 2 aliphatic heterocycles. The van der Waals surface area contributed by atoms with Crippen LogP contribution in [-0.4, -0.2) is 35.3 Å². The fourth-order valence-electron chi connectivity index (χ4n) is 2.80. The molecule has 0 saturated carbocycles. The summed E-state index contributed by atoms with van der Waals surface area (Å²) < 4.78 is 16.7. The number of benzene rings is 2. The molecule has 2 atom stereocenters. The van der Waals surface area contributed by atoms with Crippen molar-refractivity contribution in [3.63, 3.8) is 0 Å². The number of fused-ring (bicyclic) bond motifs is 2. The van der Waals surface area contributed by atoms with Gasteiger partial charge < -0.3 is 24.4 Å². The van der Waals surface area contributed by atoms with Gasteiger partial charge in [0.2, 0.25) is 0 Å². The molecule has 0 saturated heterocycles. The van der Waals surface area contributed by atoms with Gasteiger partial charge in [-0.3, -0.25) is 4.79 Å². The third-order valence-corrected chi connectivity index (χ3v) is 3.93. The Morgan fingerprint density at radius 1 is 0.957 bits per heavy atom. The van der Waals surface area contributed by atoms with Gasteiger partial charge in [0.1, 0.15) is 24.7 Å². The number of hydrogen-bond acceptors (Lipinski definition) is 6. The Labute approximate surface area is 131 Å². The fraction of sp³-hybridized carbons (Fsp3) is 0.235. The average Bonchev–Trinajstić information content (AvgIpc) is 2.57. The molecule has 0 aliphatic carbocycles. The van der Waals surface area contributed by atoms with Gasteiger partial charge in [0.05, 0.1) is 5.56 Å².